The van der Waals surface area contributed by atoms with Crippen molar-refractivity contribution in [3.8, 4) is 5.88 Å². The van der Waals surface area contributed by atoms with Gasteiger partial charge in [-0.15, -0.1) is 0 Å². The molecule has 116 valence electrons. The predicted molar refractivity (Wildman–Crippen MR) is 81.9 cm³/mol. The van der Waals surface area contributed by atoms with E-state index in [0.29, 0.717) is 24.6 Å². The first kappa shape index (κ1) is 15.6. The van der Waals surface area contributed by atoms with Gasteiger partial charge in [0.2, 0.25) is 5.88 Å². The minimum atomic E-state index is -1.11. The zero-order valence-electron chi connectivity index (χ0n) is 12.5. The van der Waals surface area contributed by atoms with Crippen LogP contribution in [0, 0.1) is 0 Å². The van der Waals surface area contributed by atoms with Gasteiger partial charge in [-0.3, -0.25) is 0 Å². The van der Waals surface area contributed by atoms with Crippen molar-refractivity contribution in [3.63, 3.8) is 0 Å². The van der Waals surface area contributed by atoms with Crippen LogP contribution in [0.15, 0.2) is 36.6 Å². The molecule has 2 aromatic rings. The van der Waals surface area contributed by atoms with Gasteiger partial charge in [0, 0.05) is 0 Å². The fraction of sp³-hybridized carbons (Fsp3) is 0.250. The van der Waals surface area contributed by atoms with Gasteiger partial charge in [-0.2, -0.15) is 5.10 Å². The molecule has 0 saturated heterocycles. The Labute approximate surface area is 128 Å². The van der Waals surface area contributed by atoms with Crippen LogP contribution in [0.1, 0.15) is 28.5 Å². The SMILES string of the molecule is CCOC=Cc1c(C(=O)O)nn(Cc2ccccc2)c1OC. The number of hydrogen-bond acceptors (Lipinski definition) is 4. The van der Waals surface area contributed by atoms with E-state index in [1.165, 1.54) is 18.1 Å². The van der Waals surface area contributed by atoms with Crippen molar-refractivity contribution < 1.29 is 19.4 Å². The number of carboxylic acid groups (broad SMARTS) is 1. The van der Waals surface area contributed by atoms with E-state index in [4.69, 9.17) is 9.47 Å². The van der Waals surface area contributed by atoms with E-state index in [-0.39, 0.29) is 5.69 Å². The number of ether oxygens (including phenoxy) is 2. The summed E-state index contributed by atoms with van der Waals surface area (Å²) in [6.07, 6.45) is 3.00. The molecule has 0 atom stereocenters. The summed E-state index contributed by atoms with van der Waals surface area (Å²) in [7, 11) is 1.49. The van der Waals surface area contributed by atoms with Gasteiger partial charge >= 0.3 is 5.97 Å². The molecule has 0 aliphatic rings. The average Bonchev–Trinajstić information content (AvgIpc) is 2.86. The van der Waals surface area contributed by atoms with Crippen molar-refractivity contribution in [2.45, 2.75) is 13.5 Å². The lowest BCUT2D eigenvalue weighted by atomic mass is 10.2. The summed E-state index contributed by atoms with van der Waals surface area (Å²) in [6.45, 7) is 2.77. The number of methoxy groups -OCH3 is 1. The molecule has 0 unspecified atom stereocenters. The second-order valence-corrected chi connectivity index (χ2v) is 4.48. The summed E-state index contributed by atoms with van der Waals surface area (Å²) in [6, 6.07) is 9.63. The Morgan fingerprint density at radius 2 is 2.09 bits per heavy atom. The van der Waals surface area contributed by atoms with Crippen LogP contribution in [0.3, 0.4) is 0 Å². The van der Waals surface area contributed by atoms with Crippen LogP contribution in [0.4, 0.5) is 0 Å². The Hall–Kier alpha value is -2.76. The van der Waals surface area contributed by atoms with Crippen LogP contribution in [-0.2, 0) is 11.3 Å². The van der Waals surface area contributed by atoms with Crippen molar-refractivity contribution in [1.29, 1.82) is 0 Å². The molecule has 0 fully saturated rings. The molecule has 0 amide bonds. The van der Waals surface area contributed by atoms with Crippen molar-refractivity contribution in [2.75, 3.05) is 13.7 Å². The molecule has 0 spiro atoms. The zero-order valence-corrected chi connectivity index (χ0v) is 12.5. The average molecular weight is 302 g/mol. The van der Waals surface area contributed by atoms with E-state index in [1.807, 2.05) is 37.3 Å². The Balaban J connectivity index is 2.41. The molecule has 0 aliphatic heterocycles. The molecule has 1 heterocycles. The van der Waals surface area contributed by atoms with Gasteiger partial charge in [-0.05, 0) is 18.6 Å². The predicted octanol–water partition coefficient (Wildman–Crippen LogP) is 2.65. The Bertz CT molecular complexity index is 662. The fourth-order valence-electron chi connectivity index (χ4n) is 2.06. The Morgan fingerprint density at radius 1 is 1.36 bits per heavy atom. The van der Waals surface area contributed by atoms with Gasteiger partial charge in [0.15, 0.2) is 5.69 Å². The van der Waals surface area contributed by atoms with Crippen LogP contribution in [-0.4, -0.2) is 34.6 Å². The minimum absolute atomic E-state index is 0.0660. The number of rotatable bonds is 7. The first-order valence-corrected chi connectivity index (χ1v) is 6.87. The third-order valence-electron chi connectivity index (χ3n) is 3.01. The van der Waals surface area contributed by atoms with Crippen molar-refractivity contribution in [1.82, 2.24) is 9.78 Å². The van der Waals surface area contributed by atoms with Gasteiger partial charge in [0.1, 0.15) is 0 Å². The topological polar surface area (TPSA) is 73.6 Å². The number of benzene rings is 1. The van der Waals surface area contributed by atoms with Crippen molar-refractivity contribution in [3.05, 3.63) is 53.4 Å². The fourth-order valence-corrected chi connectivity index (χ4v) is 2.06. The van der Waals surface area contributed by atoms with Crippen LogP contribution in [0.5, 0.6) is 5.88 Å². The lowest BCUT2D eigenvalue weighted by Crippen LogP contribution is -2.05. The largest absolute Gasteiger partial charge is 0.501 e. The van der Waals surface area contributed by atoms with Gasteiger partial charge < -0.3 is 14.6 Å². The van der Waals surface area contributed by atoms with Gasteiger partial charge in [-0.25, -0.2) is 9.48 Å². The van der Waals surface area contributed by atoms with Crippen LogP contribution in [0.25, 0.3) is 6.08 Å². The molecular weight excluding hydrogens is 284 g/mol. The highest BCUT2D eigenvalue weighted by Gasteiger charge is 2.21. The quantitative estimate of drug-likeness (QED) is 0.796. The number of hydrogen-bond donors (Lipinski definition) is 1. The van der Waals surface area contributed by atoms with E-state index < -0.39 is 5.97 Å². The maximum absolute atomic E-state index is 11.4. The first-order valence-electron chi connectivity index (χ1n) is 6.87. The van der Waals surface area contributed by atoms with Crippen LogP contribution >= 0.6 is 0 Å². The number of aromatic carboxylic acids is 1. The standard InChI is InChI=1S/C16H18N2O4/c1-3-22-10-9-13-14(16(19)20)17-18(15(13)21-2)11-12-7-5-4-6-8-12/h4-10H,3,11H2,1-2H3,(H,19,20). The summed E-state index contributed by atoms with van der Waals surface area (Å²) in [5, 5.41) is 13.5. The lowest BCUT2D eigenvalue weighted by molar-refractivity contribution is 0.0689. The van der Waals surface area contributed by atoms with Crippen LogP contribution < -0.4 is 4.74 Å². The number of nitrogens with zero attached hydrogens (tertiary/aromatic N) is 2. The highest BCUT2D eigenvalue weighted by molar-refractivity contribution is 5.91. The summed E-state index contributed by atoms with van der Waals surface area (Å²) in [4.78, 5) is 11.4. The third kappa shape index (κ3) is 3.46. The second-order valence-electron chi connectivity index (χ2n) is 4.48. The molecule has 0 aliphatic carbocycles. The van der Waals surface area contributed by atoms with E-state index in [2.05, 4.69) is 5.10 Å². The summed E-state index contributed by atoms with van der Waals surface area (Å²) in [5.74, 6) is -0.724. The van der Waals surface area contributed by atoms with Gasteiger partial charge in [0.05, 0.1) is 32.1 Å². The van der Waals surface area contributed by atoms with Gasteiger partial charge in [0.25, 0.3) is 0 Å². The molecular formula is C16H18N2O4. The van der Waals surface area contributed by atoms with E-state index in [1.54, 1.807) is 6.08 Å². The minimum Gasteiger partial charge on any atom is -0.501 e. The number of aromatic nitrogens is 2. The highest BCUT2D eigenvalue weighted by Crippen LogP contribution is 2.25. The smallest absolute Gasteiger partial charge is 0.357 e. The summed E-state index contributed by atoms with van der Waals surface area (Å²) >= 11 is 0. The maximum atomic E-state index is 11.4. The molecule has 22 heavy (non-hydrogen) atoms. The van der Waals surface area contributed by atoms with Crippen molar-refractivity contribution in [2.24, 2.45) is 0 Å². The maximum Gasteiger partial charge on any atom is 0.357 e. The number of carboxylic acids is 1. The molecule has 6 nitrogen and oxygen atoms in total. The van der Waals surface area contributed by atoms with E-state index in [0.717, 1.165) is 5.56 Å². The van der Waals surface area contributed by atoms with E-state index in [9.17, 15) is 9.90 Å². The lowest BCUT2D eigenvalue weighted by Gasteiger charge is -2.06. The molecule has 6 heteroatoms. The summed E-state index contributed by atoms with van der Waals surface area (Å²) in [5.41, 5.74) is 1.32. The Morgan fingerprint density at radius 3 is 2.68 bits per heavy atom. The highest BCUT2D eigenvalue weighted by atomic mass is 16.5. The summed E-state index contributed by atoms with van der Waals surface area (Å²) < 4.78 is 12.0. The molecule has 1 aromatic heterocycles. The zero-order chi connectivity index (χ0) is 15.9. The Kier molecular flexibility index (Phi) is 5.19. The molecule has 0 saturated carbocycles. The third-order valence-corrected chi connectivity index (χ3v) is 3.01. The number of carbonyl (C=O) groups is 1. The molecule has 1 aromatic carbocycles. The van der Waals surface area contributed by atoms with Crippen LogP contribution in [0.2, 0.25) is 0 Å². The molecule has 0 bridgehead atoms. The normalized spacial score (nSPS) is 10.8. The molecule has 1 N–H and O–H groups in total. The van der Waals surface area contributed by atoms with Gasteiger partial charge in [-0.1, -0.05) is 30.3 Å². The monoisotopic (exact) mass is 302 g/mol. The van der Waals surface area contributed by atoms with Crippen molar-refractivity contribution >= 4 is 12.0 Å². The first-order chi connectivity index (χ1) is 10.7. The van der Waals surface area contributed by atoms with E-state index >= 15 is 0 Å². The molecule has 2 rings (SSSR count). The molecule has 0 radical (unpaired) electrons. The second kappa shape index (κ2) is 7.31.